The van der Waals surface area contributed by atoms with E-state index in [2.05, 4.69) is 10.0 Å². The van der Waals surface area contributed by atoms with Gasteiger partial charge in [-0.2, -0.15) is 4.72 Å². The minimum atomic E-state index is -4.07. The summed E-state index contributed by atoms with van der Waals surface area (Å²) < 4.78 is 32.9. The number of halogens is 2. The van der Waals surface area contributed by atoms with Crippen molar-refractivity contribution in [1.29, 1.82) is 0 Å². The van der Waals surface area contributed by atoms with Crippen molar-refractivity contribution < 1.29 is 17.9 Å². The van der Waals surface area contributed by atoms with Crippen LogP contribution in [-0.4, -0.2) is 40.6 Å². The second kappa shape index (κ2) is 10.1. The topological polar surface area (TPSA) is 84.5 Å². The molecule has 27 heavy (non-hydrogen) atoms. The van der Waals surface area contributed by atoms with E-state index in [1.807, 2.05) is 30.3 Å². The molecule has 0 saturated carbocycles. The number of rotatable bonds is 9. The zero-order valence-corrected chi connectivity index (χ0v) is 16.9. The van der Waals surface area contributed by atoms with Crippen LogP contribution in [0.1, 0.15) is 5.56 Å². The molecule has 0 aliphatic rings. The summed E-state index contributed by atoms with van der Waals surface area (Å²) >= 11 is 11.9. The van der Waals surface area contributed by atoms with E-state index < -0.39 is 22.0 Å². The molecule has 0 aliphatic heterocycles. The van der Waals surface area contributed by atoms with Gasteiger partial charge in [0.25, 0.3) is 0 Å². The highest BCUT2D eigenvalue weighted by atomic mass is 35.5. The van der Waals surface area contributed by atoms with Gasteiger partial charge >= 0.3 is 0 Å². The highest BCUT2D eigenvalue weighted by Gasteiger charge is 2.27. The van der Waals surface area contributed by atoms with E-state index in [1.165, 1.54) is 25.3 Å². The summed E-state index contributed by atoms with van der Waals surface area (Å²) in [6.45, 7) is 0.580. The molecule has 1 atom stereocenters. The summed E-state index contributed by atoms with van der Waals surface area (Å²) in [6.07, 6.45) is 0.178. The van der Waals surface area contributed by atoms with E-state index in [4.69, 9.17) is 27.9 Å². The van der Waals surface area contributed by atoms with Gasteiger partial charge < -0.3 is 10.1 Å². The van der Waals surface area contributed by atoms with E-state index in [9.17, 15) is 13.2 Å². The van der Waals surface area contributed by atoms with Crippen LogP contribution in [-0.2, 0) is 26.0 Å². The first-order valence-electron chi connectivity index (χ1n) is 8.11. The zero-order chi connectivity index (χ0) is 19.9. The van der Waals surface area contributed by atoms with Crippen LogP contribution in [0.4, 0.5) is 0 Å². The molecule has 0 aromatic heterocycles. The van der Waals surface area contributed by atoms with Crippen molar-refractivity contribution in [2.45, 2.75) is 17.4 Å². The summed E-state index contributed by atoms with van der Waals surface area (Å²) in [7, 11) is -2.56. The lowest BCUT2D eigenvalue weighted by Crippen LogP contribution is -2.48. The largest absolute Gasteiger partial charge is 0.383 e. The molecule has 0 bridgehead atoms. The summed E-state index contributed by atoms with van der Waals surface area (Å²) in [5.41, 5.74) is 0.810. The lowest BCUT2D eigenvalue weighted by Gasteiger charge is -2.19. The Labute approximate surface area is 168 Å². The maximum Gasteiger partial charge on any atom is 0.242 e. The molecular weight excluding hydrogens is 411 g/mol. The first-order valence-corrected chi connectivity index (χ1v) is 10.4. The number of carbonyl (C=O) groups is 1. The maximum atomic E-state index is 12.8. The van der Waals surface area contributed by atoms with Crippen molar-refractivity contribution in [2.24, 2.45) is 0 Å². The Bertz CT molecular complexity index is 876. The molecule has 0 unspecified atom stereocenters. The van der Waals surface area contributed by atoms with Gasteiger partial charge in [-0.15, -0.1) is 0 Å². The van der Waals surface area contributed by atoms with Crippen molar-refractivity contribution in [1.82, 2.24) is 10.0 Å². The third kappa shape index (κ3) is 6.48. The van der Waals surface area contributed by atoms with Crippen molar-refractivity contribution in [3.05, 3.63) is 64.1 Å². The smallest absolute Gasteiger partial charge is 0.242 e. The van der Waals surface area contributed by atoms with Crippen molar-refractivity contribution >= 4 is 39.1 Å². The van der Waals surface area contributed by atoms with E-state index >= 15 is 0 Å². The number of hydrogen-bond acceptors (Lipinski definition) is 4. The van der Waals surface area contributed by atoms with Crippen molar-refractivity contribution in [3.8, 4) is 0 Å². The number of hydrogen-bond donors (Lipinski definition) is 2. The summed E-state index contributed by atoms with van der Waals surface area (Å²) in [4.78, 5) is 12.3. The zero-order valence-electron chi connectivity index (χ0n) is 14.6. The van der Waals surface area contributed by atoms with Gasteiger partial charge in [-0.3, -0.25) is 4.79 Å². The van der Waals surface area contributed by atoms with E-state index in [0.29, 0.717) is 6.61 Å². The molecule has 2 rings (SSSR count). The van der Waals surface area contributed by atoms with Crippen molar-refractivity contribution in [3.63, 3.8) is 0 Å². The Hall–Kier alpha value is -1.64. The Morgan fingerprint density at radius 1 is 1.15 bits per heavy atom. The number of methoxy groups -OCH3 is 1. The fraction of sp³-hybridized carbons (Fsp3) is 0.278. The fourth-order valence-corrected chi connectivity index (χ4v) is 4.33. The fourth-order valence-electron chi connectivity index (χ4n) is 2.37. The quantitative estimate of drug-likeness (QED) is 0.598. The van der Waals surface area contributed by atoms with Gasteiger partial charge in [-0.1, -0.05) is 53.5 Å². The standard InChI is InChI=1S/C18H20Cl2N2O4S/c1-26-10-9-21-18(23)16(11-13-5-3-2-4-6-13)22-27(24,25)17-12-14(19)7-8-15(17)20/h2-8,12,16,22H,9-11H2,1H3,(H,21,23)/t16-/m1/s1. The van der Waals surface area contributed by atoms with Crippen molar-refractivity contribution in [2.75, 3.05) is 20.3 Å². The molecule has 2 aromatic rings. The highest BCUT2D eigenvalue weighted by Crippen LogP contribution is 2.25. The second-order valence-electron chi connectivity index (χ2n) is 5.72. The molecule has 9 heteroatoms. The first-order chi connectivity index (χ1) is 12.8. The highest BCUT2D eigenvalue weighted by molar-refractivity contribution is 7.89. The summed E-state index contributed by atoms with van der Waals surface area (Å²) in [6, 6.07) is 12.2. The van der Waals surface area contributed by atoms with Gasteiger partial charge in [0.2, 0.25) is 15.9 Å². The molecule has 2 N–H and O–H groups in total. The van der Waals surface area contributed by atoms with Crippen LogP contribution in [0, 0.1) is 0 Å². The molecule has 1 amide bonds. The molecule has 0 spiro atoms. The maximum absolute atomic E-state index is 12.8. The van der Waals surface area contributed by atoms with E-state index in [1.54, 1.807) is 0 Å². The van der Waals surface area contributed by atoms with Crippen LogP contribution in [0.5, 0.6) is 0 Å². The molecule has 2 aromatic carbocycles. The molecule has 0 heterocycles. The lowest BCUT2D eigenvalue weighted by atomic mass is 10.1. The third-order valence-corrected chi connectivity index (χ3v) is 5.87. The Morgan fingerprint density at radius 3 is 2.52 bits per heavy atom. The number of carbonyl (C=O) groups excluding carboxylic acids is 1. The number of sulfonamides is 1. The first kappa shape index (κ1) is 21.7. The van der Waals surface area contributed by atoms with E-state index in [0.717, 1.165) is 5.56 Å². The summed E-state index contributed by atoms with van der Waals surface area (Å²) in [5.74, 6) is -0.461. The predicted octanol–water partition coefficient (Wildman–Crippen LogP) is 2.65. The molecule has 0 fully saturated rings. The Kier molecular flexibility index (Phi) is 8.07. The van der Waals surface area contributed by atoms with Gasteiger partial charge in [-0.25, -0.2) is 8.42 Å². The number of benzene rings is 2. The van der Waals surface area contributed by atoms with Crippen LogP contribution in [0.2, 0.25) is 10.0 Å². The van der Waals surface area contributed by atoms with Gasteiger partial charge in [-0.05, 0) is 30.2 Å². The molecule has 6 nitrogen and oxygen atoms in total. The third-order valence-electron chi connectivity index (χ3n) is 3.68. The van der Waals surface area contributed by atoms with Gasteiger partial charge in [0, 0.05) is 18.7 Å². The van der Waals surface area contributed by atoms with Gasteiger partial charge in [0.1, 0.15) is 10.9 Å². The average Bonchev–Trinajstić information content (AvgIpc) is 2.64. The molecule has 0 aliphatic carbocycles. The lowest BCUT2D eigenvalue weighted by molar-refractivity contribution is -0.122. The van der Waals surface area contributed by atoms with Crippen LogP contribution < -0.4 is 10.0 Å². The Morgan fingerprint density at radius 2 is 1.85 bits per heavy atom. The average molecular weight is 431 g/mol. The molecular formula is C18H20Cl2N2O4S. The molecule has 0 radical (unpaired) electrons. The summed E-state index contributed by atoms with van der Waals surface area (Å²) in [5, 5.41) is 2.90. The number of ether oxygens (including phenoxy) is 1. The predicted molar refractivity (Wildman–Crippen MR) is 106 cm³/mol. The van der Waals surface area contributed by atoms with Gasteiger partial charge in [0.15, 0.2) is 0 Å². The molecule has 146 valence electrons. The number of amides is 1. The van der Waals surface area contributed by atoms with Crippen LogP contribution >= 0.6 is 23.2 Å². The van der Waals surface area contributed by atoms with Gasteiger partial charge in [0.05, 0.1) is 11.6 Å². The molecule has 0 saturated heterocycles. The second-order valence-corrected chi connectivity index (χ2v) is 8.25. The number of nitrogens with one attached hydrogen (secondary N) is 2. The van der Waals surface area contributed by atoms with Crippen LogP contribution in [0.25, 0.3) is 0 Å². The Balaban J connectivity index is 2.26. The minimum absolute atomic E-state index is 0.0187. The monoisotopic (exact) mass is 430 g/mol. The minimum Gasteiger partial charge on any atom is -0.383 e. The normalized spacial score (nSPS) is 12.6. The SMILES string of the molecule is COCCNC(=O)[C@@H](Cc1ccccc1)NS(=O)(=O)c1cc(Cl)ccc1Cl. The van der Waals surface area contributed by atoms with E-state index in [-0.39, 0.29) is 27.9 Å². The van der Waals surface area contributed by atoms with Crippen LogP contribution in [0.15, 0.2) is 53.4 Å². The van der Waals surface area contributed by atoms with Crippen LogP contribution in [0.3, 0.4) is 0 Å².